The first kappa shape index (κ1) is 12.6. The average molecular weight is 309 g/mol. The highest BCUT2D eigenvalue weighted by atomic mass is 79.9. The fourth-order valence-electron chi connectivity index (χ4n) is 1.67. The van der Waals surface area contributed by atoms with Crippen LogP contribution < -0.4 is 11.1 Å². The van der Waals surface area contributed by atoms with E-state index in [4.69, 9.17) is 5.73 Å². The van der Waals surface area contributed by atoms with Crippen LogP contribution >= 0.6 is 15.9 Å². The van der Waals surface area contributed by atoms with Crippen LogP contribution in [0, 0.1) is 0 Å². The lowest BCUT2D eigenvalue weighted by Gasteiger charge is -2.18. The third kappa shape index (κ3) is 2.53. The number of carbonyl (C=O) groups is 1. The van der Waals surface area contributed by atoms with E-state index in [1.165, 1.54) is 0 Å². The van der Waals surface area contributed by atoms with Gasteiger partial charge in [-0.25, -0.2) is 4.98 Å². The van der Waals surface area contributed by atoms with Crippen LogP contribution in [0.2, 0.25) is 0 Å². The highest BCUT2D eigenvalue weighted by Crippen LogP contribution is 2.25. The molecule has 0 aliphatic carbocycles. The first-order valence-electron chi connectivity index (χ1n) is 5.36. The Morgan fingerprint density at radius 2 is 2.22 bits per heavy atom. The van der Waals surface area contributed by atoms with Crippen molar-refractivity contribution in [2.45, 2.75) is 6.04 Å². The minimum Gasteiger partial charge on any atom is -0.368 e. The van der Waals surface area contributed by atoms with E-state index < -0.39 is 11.9 Å². The topological polar surface area (TPSA) is 72.9 Å². The molecule has 0 aliphatic rings. The van der Waals surface area contributed by atoms with E-state index in [0.717, 1.165) is 15.9 Å². The normalized spacial score (nSPS) is 12.1. The highest BCUT2D eigenvalue weighted by molar-refractivity contribution is 9.10. The van der Waals surface area contributed by atoms with Gasteiger partial charge in [0.2, 0.25) is 5.91 Å². The smallest absolute Gasteiger partial charge is 0.246 e. The van der Waals surface area contributed by atoms with Crippen LogP contribution in [-0.4, -0.2) is 15.5 Å². The van der Waals surface area contributed by atoms with Gasteiger partial charge < -0.3 is 15.6 Å². The molecule has 5 nitrogen and oxygen atoms in total. The summed E-state index contributed by atoms with van der Waals surface area (Å²) >= 11 is 3.42. The third-order valence-electron chi connectivity index (χ3n) is 2.61. The molecule has 2 aromatic rings. The summed E-state index contributed by atoms with van der Waals surface area (Å²) in [5.74, 6) is -0.450. The Balaban J connectivity index is 2.31. The molecule has 0 saturated heterocycles. The van der Waals surface area contributed by atoms with Crippen molar-refractivity contribution >= 4 is 27.5 Å². The molecule has 0 aliphatic heterocycles. The Morgan fingerprint density at radius 3 is 2.78 bits per heavy atom. The highest BCUT2D eigenvalue weighted by Gasteiger charge is 2.21. The van der Waals surface area contributed by atoms with E-state index in [-0.39, 0.29) is 0 Å². The van der Waals surface area contributed by atoms with Gasteiger partial charge in [-0.1, -0.05) is 12.1 Å². The van der Waals surface area contributed by atoms with Gasteiger partial charge in [-0.05, 0) is 28.1 Å². The zero-order valence-electron chi connectivity index (χ0n) is 9.80. The zero-order chi connectivity index (χ0) is 13.1. The molecule has 1 aromatic heterocycles. The second-order valence-corrected chi connectivity index (χ2v) is 4.74. The van der Waals surface area contributed by atoms with Crippen LogP contribution in [0.1, 0.15) is 11.7 Å². The van der Waals surface area contributed by atoms with E-state index in [0.29, 0.717) is 0 Å². The van der Waals surface area contributed by atoms with Gasteiger partial charge >= 0.3 is 0 Å². The molecule has 0 fully saturated rings. The molecule has 1 atom stereocenters. The zero-order valence-corrected chi connectivity index (χ0v) is 11.4. The number of para-hydroxylation sites is 1. The maximum Gasteiger partial charge on any atom is 0.246 e. The fraction of sp³-hybridized carbons (Fsp3) is 0.167. The summed E-state index contributed by atoms with van der Waals surface area (Å²) in [5, 5.41) is 3.11. The van der Waals surface area contributed by atoms with Gasteiger partial charge in [0.15, 0.2) is 0 Å². The van der Waals surface area contributed by atoms with Gasteiger partial charge in [0.25, 0.3) is 0 Å². The van der Waals surface area contributed by atoms with E-state index in [1.54, 1.807) is 17.1 Å². The van der Waals surface area contributed by atoms with Crippen molar-refractivity contribution in [3.63, 3.8) is 0 Å². The number of halogens is 1. The first-order valence-corrected chi connectivity index (χ1v) is 6.15. The number of carbonyl (C=O) groups excluding carboxylic acids is 1. The van der Waals surface area contributed by atoms with Gasteiger partial charge in [0.1, 0.15) is 6.04 Å². The number of hydrogen-bond donors (Lipinski definition) is 2. The molecule has 1 amide bonds. The van der Waals surface area contributed by atoms with Gasteiger partial charge in [-0.3, -0.25) is 4.79 Å². The number of benzene rings is 1. The van der Waals surface area contributed by atoms with Crippen LogP contribution in [0.25, 0.3) is 0 Å². The molecule has 0 radical (unpaired) electrons. The molecular formula is C12H13BrN4O. The minimum absolute atomic E-state index is 0.450. The Bertz CT molecular complexity index is 567. The van der Waals surface area contributed by atoms with Crippen molar-refractivity contribution in [1.82, 2.24) is 9.55 Å². The van der Waals surface area contributed by atoms with Crippen LogP contribution in [0.3, 0.4) is 0 Å². The number of nitrogens with zero attached hydrogens (tertiary/aromatic N) is 2. The quantitative estimate of drug-likeness (QED) is 0.905. The molecule has 0 spiro atoms. The largest absolute Gasteiger partial charge is 0.368 e. The molecule has 1 unspecified atom stereocenters. The van der Waals surface area contributed by atoms with E-state index in [9.17, 15) is 4.79 Å². The van der Waals surface area contributed by atoms with Crippen molar-refractivity contribution in [1.29, 1.82) is 0 Å². The predicted molar refractivity (Wildman–Crippen MR) is 72.9 cm³/mol. The summed E-state index contributed by atoms with van der Waals surface area (Å²) in [6.45, 7) is 0. The first-order chi connectivity index (χ1) is 8.59. The molecule has 0 bridgehead atoms. The van der Waals surface area contributed by atoms with Crippen molar-refractivity contribution in [3.05, 3.63) is 47.0 Å². The SMILES string of the molecule is Cn1cncc1C(Nc1ccccc1Br)C(N)=O. The standard InChI is InChI=1S/C12H13BrN4O/c1-17-7-15-6-10(17)11(12(14)18)16-9-5-3-2-4-8(9)13/h2-7,11,16H,1H3,(H2,14,18). The lowest BCUT2D eigenvalue weighted by atomic mass is 10.2. The van der Waals surface area contributed by atoms with E-state index in [2.05, 4.69) is 26.2 Å². The number of imidazole rings is 1. The number of amides is 1. The molecule has 0 saturated carbocycles. The summed E-state index contributed by atoms with van der Waals surface area (Å²) in [5.41, 5.74) is 6.97. The number of primary amides is 1. The second kappa shape index (κ2) is 5.22. The van der Waals surface area contributed by atoms with Gasteiger partial charge in [-0.2, -0.15) is 0 Å². The molecule has 94 valence electrons. The lowest BCUT2D eigenvalue weighted by molar-refractivity contribution is -0.118. The van der Waals surface area contributed by atoms with Crippen LogP contribution in [-0.2, 0) is 11.8 Å². The average Bonchev–Trinajstić information content (AvgIpc) is 2.74. The summed E-state index contributed by atoms with van der Waals surface area (Å²) in [7, 11) is 1.82. The Kier molecular flexibility index (Phi) is 3.66. The maximum absolute atomic E-state index is 11.6. The van der Waals surface area contributed by atoms with Crippen molar-refractivity contribution in [3.8, 4) is 0 Å². The number of nitrogens with two attached hydrogens (primary N) is 1. The van der Waals surface area contributed by atoms with Crippen LogP contribution in [0.5, 0.6) is 0 Å². The Morgan fingerprint density at radius 1 is 1.50 bits per heavy atom. The number of aromatic nitrogens is 2. The van der Waals surface area contributed by atoms with Gasteiger partial charge in [-0.15, -0.1) is 0 Å². The second-order valence-electron chi connectivity index (χ2n) is 3.89. The predicted octanol–water partition coefficient (Wildman–Crippen LogP) is 1.82. The maximum atomic E-state index is 11.6. The van der Waals surface area contributed by atoms with Crippen LogP contribution in [0.15, 0.2) is 41.3 Å². The van der Waals surface area contributed by atoms with Crippen LogP contribution in [0.4, 0.5) is 5.69 Å². The van der Waals surface area contributed by atoms with E-state index in [1.807, 2.05) is 31.3 Å². The minimum atomic E-state index is -0.615. The monoisotopic (exact) mass is 308 g/mol. The number of rotatable bonds is 4. The Hall–Kier alpha value is -1.82. The van der Waals surface area contributed by atoms with Crippen molar-refractivity contribution in [2.24, 2.45) is 12.8 Å². The van der Waals surface area contributed by atoms with Crippen molar-refractivity contribution in [2.75, 3.05) is 5.32 Å². The molecule has 2 rings (SSSR count). The molecule has 18 heavy (non-hydrogen) atoms. The summed E-state index contributed by atoms with van der Waals surface area (Å²) in [4.78, 5) is 15.6. The molecule has 6 heteroatoms. The number of anilines is 1. The third-order valence-corrected chi connectivity index (χ3v) is 3.30. The molecule has 1 aromatic carbocycles. The van der Waals surface area contributed by atoms with Gasteiger partial charge in [0, 0.05) is 17.2 Å². The van der Waals surface area contributed by atoms with Gasteiger partial charge in [0.05, 0.1) is 18.2 Å². The fourth-order valence-corrected chi connectivity index (χ4v) is 2.07. The number of hydrogen-bond acceptors (Lipinski definition) is 3. The summed E-state index contributed by atoms with van der Waals surface area (Å²) in [6, 6.07) is 6.93. The van der Waals surface area contributed by atoms with Crippen molar-refractivity contribution < 1.29 is 4.79 Å². The Labute approximate surface area is 113 Å². The van der Waals surface area contributed by atoms with E-state index >= 15 is 0 Å². The summed E-state index contributed by atoms with van der Waals surface area (Å²) in [6.07, 6.45) is 3.26. The molecule has 3 N–H and O–H groups in total. The molecule has 1 heterocycles. The number of aryl methyl sites for hydroxylation is 1. The summed E-state index contributed by atoms with van der Waals surface area (Å²) < 4.78 is 2.64. The molecular weight excluding hydrogens is 296 g/mol. The lowest BCUT2D eigenvalue weighted by Crippen LogP contribution is -2.29. The number of nitrogens with one attached hydrogen (secondary N) is 1.